The summed E-state index contributed by atoms with van der Waals surface area (Å²) >= 11 is 0. The van der Waals surface area contributed by atoms with Gasteiger partial charge in [-0.15, -0.1) is 0 Å². The second-order valence-electron chi connectivity index (χ2n) is 2.10. The lowest BCUT2D eigenvalue weighted by atomic mass is 10.2. The van der Waals surface area contributed by atoms with Gasteiger partial charge in [0.1, 0.15) is 0 Å². The van der Waals surface area contributed by atoms with Gasteiger partial charge in [-0.1, -0.05) is 6.58 Å². The second-order valence-corrected chi connectivity index (χ2v) is 2.10. The molecule has 0 saturated carbocycles. The molecule has 0 bridgehead atoms. The summed E-state index contributed by atoms with van der Waals surface area (Å²) in [4.78, 5) is 21.4. The van der Waals surface area contributed by atoms with Crippen LogP contribution in [0, 0.1) is 6.92 Å². The quantitative estimate of drug-likeness (QED) is 0.344. The molecule has 0 rings (SSSR count). The van der Waals surface area contributed by atoms with Crippen molar-refractivity contribution >= 4 is 11.8 Å². The van der Waals surface area contributed by atoms with E-state index in [2.05, 4.69) is 18.2 Å². The highest BCUT2D eigenvalue weighted by Gasteiger charge is 2.14. The van der Waals surface area contributed by atoms with Gasteiger partial charge in [0.05, 0.1) is 6.61 Å². The molecule has 0 spiro atoms. The largest absolute Gasteiger partial charge is 0.460 e. The Morgan fingerprint density at radius 1 is 1.45 bits per heavy atom. The number of ketones is 1. The Bertz CT molecular complexity index is 182. The highest BCUT2D eigenvalue weighted by atomic mass is 16.5. The molecule has 3 nitrogen and oxygen atoms in total. The van der Waals surface area contributed by atoms with E-state index in [1.807, 2.05) is 0 Å². The van der Waals surface area contributed by atoms with Crippen LogP contribution in [0.15, 0.2) is 12.2 Å². The lowest BCUT2D eigenvalue weighted by Crippen LogP contribution is -2.18. The summed E-state index contributed by atoms with van der Waals surface area (Å²) in [6.07, 6.45) is 0.467. The molecule has 0 fully saturated rings. The van der Waals surface area contributed by atoms with Crippen LogP contribution >= 0.6 is 0 Å². The maximum Gasteiger partial charge on any atom is 0.379 e. The van der Waals surface area contributed by atoms with Crippen LogP contribution in [-0.2, 0) is 14.3 Å². The first-order chi connectivity index (χ1) is 5.09. The van der Waals surface area contributed by atoms with Crippen molar-refractivity contribution in [3.05, 3.63) is 19.1 Å². The summed E-state index contributed by atoms with van der Waals surface area (Å²) < 4.78 is 4.50. The number of carbonyl (C=O) groups excluding carboxylic acids is 2. The molecule has 1 radical (unpaired) electrons. The van der Waals surface area contributed by atoms with Gasteiger partial charge in [0.25, 0.3) is 5.78 Å². The number of hydrogen-bond acceptors (Lipinski definition) is 3. The molecular formula is C8H11O3. The van der Waals surface area contributed by atoms with Crippen LogP contribution in [0.1, 0.15) is 13.3 Å². The Morgan fingerprint density at radius 3 is 2.36 bits per heavy atom. The minimum Gasteiger partial charge on any atom is -0.460 e. The van der Waals surface area contributed by atoms with Crippen LogP contribution in [-0.4, -0.2) is 18.4 Å². The number of carbonyl (C=O) groups is 2. The van der Waals surface area contributed by atoms with E-state index >= 15 is 0 Å². The predicted octanol–water partition coefficient (Wildman–Crippen LogP) is 0.899. The molecule has 0 saturated heterocycles. The SMILES string of the molecule is [CH2]CCOC(=O)C(=O)C(=C)C. The van der Waals surface area contributed by atoms with E-state index < -0.39 is 11.8 Å². The highest BCUT2D eigenvalue weighted by Crippen LogP contribution is 1.93. The van der Waals surface area contributed by atoms with Gasteiger partial charge < -0.3 is 4.74 Å². The Labute approximate surface area is 66.0 Å². The summed E-state index contributed by atoms with van der Waals surface area (Å²) in [7, 11) is 0. The lowest BCUT2D eigenvalue weighted by Gasteiger charge is -1.99. The van der Waals surface area contributed by atoms with Crippen molar-refractivity contribution in [1.29, 1.82) is 0 Å². The van der Waals surface area contributed by atoms with Gasteiger partial charge in [-0.05, 0) is 25.8 Å². The van der Waals surface area contributed by atoms with Gasteiger partial charge in [-0.2, -0.15) is 0 Å². The molecule has 0 aliphatic heterocycles. The van der Waals surface area contributed by atoms with Gasteiger partial charge in [0, 0.05) is 0 Å². The maximum absolute atomic E-state index is 10.8. The Balaban J connectivity index is 3.84. The third-order valence-corrected chi connectivity index (χ3v) is 0.951. The molecule has 0 aliphatic carbocycles. The lowest BCUT2D eigenvalue weighted by molar-refractivity contribution is -0.152. The van der Waals surface area contributed by atoms with E-state index in [4.69, 9.17) is 0 Å². The predicted molar refractivity (Wildman–Crippen MR) is 40.8 cm³/mol. The maximum atomic E-state index is 10.8. The Kier molecular flexibility index (Phi) is 4.18. The molecule has 0 N–H and O–H groups in total. The number of hydrogen-bond donors (Lipinski definition) is 0. The summed E-state index contributed by atoms with van der Waals surface area (Å²) in [5, 5.41) is 0. The molecule has 0 amide bonds. The zero-order valence-electron chi connectivity index (χ0n) is 6.55. The summed E-state index contributed by atoms with van der Waals surface area (Å²) in [6.45, 7) is 8.41. The van der Waals surface area contributed by atoms with Crippen molar-refractivity contribution < 1.29 is 14.3 Å². The van der Waals surface area contributed by atoms with Crippen molar-refractivity contribution in [1.82, 2.24) is 0 Å². The van der Waals surface area contributed by atoms with Crippen LogP contribution in [0.2, 0.25) is 0 Å². The van der Waals surface area contributed by atoms with Crippen molar-refractivity contribution in [2.45, 2.75) is 13.3 Å². The molecule has 0 unspecified atom stereocenters. The first-order valence-corrected chi connectivity index (χ1v) is 3.25. The Morgan fingerprint density at radius 2 is 2.00 bits per heavy atom. The number of esters is 1. The molecule has 0 aromatic carbocycles. The van der Waals surface area contributed by atoms with Gasteiger partial charge in [0.15, 0.2) is 0 Å². The molecule has 11 heavy (non-hydrogen) atoms. The highest BCUT2D eigenvalue weighted by molar-refractivity contribution is 6.40. The average Bonchev–Trinajstić information content (AvgIpc) is 1.98. The summed E-state index contributed by atoms with van der Waals surface area (Å²) in [6, 6.07) is 0. The summed E-state index contributed by atoms with van der Waals surface area (Å²) in [5.41, 5.74) is 0.194. The zero-order valence-corrected chi connectivity index (χ0v) is 6.55. The van der Waals surface area contributed by atoms with Crippen LogP contribution in [0.5, 0.6) is 0 Å². The molecular weight excluding hydrogens is 144 g/mol. The van der Waals surface area contributed by atoms with Gasteiger partial charge >= 0.3 is 5.97 Å². The first kappa shape index (κ1) is 9.88. The smallest absolute Gasteiger partial charge is 0.379 e. The third-order valence-electron chi connectivity index (χ3n) is 0.951. The number of Topliss-reactive ketones (excluding diaryl/α,β-unsaturated/α-hetero) is 1. The van der Waals surface area contributed by atoms with Crippen molar-refractivity contribution in [2.75, 3.05) is 6.61 Å². The fraction of sp³-hybridized carbons (Fsp3) is 0.375. The second kappa shape index (κ2) is 4.66. The average molecular weight is 155 g/mol. The van der Waals surface area contributed by atoms with E-state index in [1.165, 1.54) is 6.92 Å². The monoisotopic (exact) mass is 155 g/mol. The standard InChI is InChI=1S/C8H11O3/c1-4-5-11-8(10)7(9)6(2)3/h1-2,4-5H2,3H3. The molecule has 3 heteroatoms. The van der Waals surface area contributed by atoms with E-state index in [0.29, 0.717) is 6.42 Å². The van der Waals surface area contributed by atoms with E-state index in [-0.39, 0.29) is 12.2 Å². The van der Waals surface area contributed by atoms with Crippen molar-refractivity contribution in [2.24, 2.45) is 0 Å². The van der Waals surface area contributed by atoms with Crippen LogP contribution < -0.4 is 0 Å². The molecule has 0 atom stereocenters. The van der Waals surface area contributed by atoms with Crippen LogP contribution in [0.3, 0.4) is 0 Å². The summed E-state index contributed by atoms with van der Waals surface area (Å²) in [5.74, 6) is -1.51. The Hall–Kier alpha value is -1.12. The minimum atomic E-state index is -0.846. The van der Waals surface area contributed by atoms with Crippen molar-refractivity contribution in [3.63, 3.8) is 0 Å². The van der Waals surface area contributed by atoms with Crippen LogP contribution in [0.4, 0.5) is 0 Å². The normalized spacial score (nSPS) is 8.91. The fourth-order valence-corrected chi connectivity index (χ4v) is 0.405. The molecule has 61 valence electrons. The van der Waals surface area contributed by atoms with Gasteiger partial charge in [-0.3, -0.25) is 4.79 Å². The van der Waals surface area contributed by atoms with Crippen molar-refractivity contribution in [3.8, 4) is 0 Å². The van der Waals surface area contributed by atoms with Crippen LogP contribution in [0.25, 0.3) is 0 Å². The van der Waals surface area contributed by atoms with E-state index in [1.54, 1.807) is 0 Å². The number of ether oxygens (including phenoxy) is 1. The molecule has 0 aliphatic rings. The van der Waals surface area contributed by atoms with E-state index in [9.17, 15) is 9.59 Å². The number of rotatable bonds is 4. The molecule has 0 heterocycles. The van der Waals surface area contributed by atoms with Gasteiger partial charge in [0.2, 0.25) is 0 Å². The van der Waals surface area contributed by atoms with E-state index in [0.717, 1.165) is 0 Å². The zero-order chi connectivity index (χ0) is 8.85. The fourth-order valence-electron chi connectivity index (χ4n) is 0.405. The third kappa shape index (κ3) is 3.55. The first-order valence-electron chi connectivity index (χ1n) is 3.25. The van der Waals surface area contributed by atoms with Gasteiger partial charge in [-0.25, -0.2) is 4.79 Å². The molecule has 0 aromatic heterocycles. The minimum absolute atomic E-state index is 0.178. The topological polar surface area (TPSA) is 43.4 Å². The molecule has 0 aromatic rings.